The summed E-state index contributed by atoms with van der Waals surface area (Å²) in [6, 6.07) is 13.3. The SMILES string of the molecule is CCN1\C(=C/C=C/C=C/C2=[N+](CCCCCC(=O)NCC#Cc3ccc([C@@H](OCc4cn([C@H]5C[C@H](O)[C@@H](COP(=O)(O)OP(=O)(O)OP(=O)(O)O)O5)c(=O)nc4N)C(C)C)c([N+](=O)[O-])c3)c3ccc(S(=O)(=O)O)cc3C2(C)C)C(C)(C)c2cc(S(=O)(=O)O)ccc21. The molecule has 0 spiro atoms. The summed E-state index contributed by atoms with van der Waals surface area (Å²) in [5.41, 5.74) is 8.80. The normalized spacial score (nSPS) is 20.2. The van der Waals surface area contributed by atoms with Gasteiger partial charge in [-0.3, -0.25) is 33.1 Å². The molecular weight excluding hydrogens is 1300 g/mol. The number of aromatic nitrogens is 2. The van der Waals surface area contributed by atoms with Crippen LogP contribution >= 0.6 is 23.5 Å². The summed E-state index contributed by atoms with van der Waals surface area (Å²) in [6.45, 7) is 13.0. The molecule has 35 heteroatoms. The van der Waals surface area contributed by atoms with Crippen LogP contribution in [-0.4, -0.2) is 120 Å². The molecule has 1 fully saturated rings. The third kappa shape index (κ3) is 17.8. The van der Waals surface area contributed by atoms with Crippen molar-refractivity contribution >= 4 is 78.2 Å². The Bertz CT molecular complexity index is 4130. The van der Waals surface area contributed by atoms with E-state index in [0.717, 1.165) is 32.9 Å². The van der Waals surface area contributed by atoms with Crippen molar-refractivity contribution in [3.05, 3.63) is 145 Å². The Morgan fingerprint density at radius 1 is 0.934 bits per heavy atom. The Morgan fingerprint density at radius 2 is 1.60 bits per heavy atom. The number of carbonyl (C=O) groups excluding carboxylic acids is 1. The molecule has 0 radical (unpaired) electrons. The average Bonchev–Trinajstić information content (AvgIpc) is 1.60. The van der Waals surface area contributed by atoms with Gasteiger partial charge in [0.05, 0.1) is 57.7 Å². The van der Waals surface area contributed by atoms with Crippen molar-refractivity contribution in [2.45, 2.75) is 132 Å². The van der Waals surface area contributed by atoms with Crippen molar-refractivity contribution < 1.29 is 101 Å². The predicted octanol–water partition coefficient (Wildman–Crippen LogP) is 7.05. The number of hydrogen-bond acceptors (Lipinski definition) is 20. The number of ether oxygens (including phenoxy) is 2. The van der Waals surface area contributed by atoms with E-state index in [2.05, 4.69) is 44.8 Å². The molecule has 1 amide bonds. The highest BCUT2D eigenvalue weighted by Crippen LogP contribution is 2.66. The number of aliphatic hydroxyl groups is 1. The molecule has 6 atom stereocenters. The second-order valence-electron chi connectivity index (χ2n) is 22.7. The monoisotopic (exact) mass is 1370 g/mol. The van der Waals surface area contributed by atoms with Gasteiger partial charge in [-0.25, -0.2) is 18.5 Å². The van der Waals surface area contributed by atoms with Crippen LogP contribution < -0.4 is 21.6 Å². The molecule has 0 aliphatic carbocycles. The first-order valence-corrected chi connectivity index (χ1v) is 35.5. The number of phosphoric acid groups is 3. The zero-order valence-corrected chi connectivity index (χ0v) is 54.6. The minimum absolute atomic E-state index is 0.0706. The van der Waals surface area contributed by atoms with E-state index >= 15 is 0 Å². The number of amides is 1. The van der Waals surface area contributed by atoms with Crippen molar-refractivity contribution in [3.63, 3.8) is 0 Å². The largest absolute Gasteiger partial charge is 0.490 e. The molecule has 10 N–H and O–H groups in total. The van der Waals surface area contributed by atoms with Crippen LogP contribution in [0.3, 0.4) is 0 Å². The quantitative estimate of drug-likeness (QED) is 0.00422. The third-order valence-corrected chi connectivity index (χ3v) is 20.7. The van der Waals surface area contributed by atoms with E-state index in [1.807, 2.05) is 65.0 Å². The van der Waals surface area contributed by atoms with Gasteiger partial charge in [-0.15, -0.1) is 0 Å². The second kappa shape index (κ2) is 28.4. The number of carbonyl (C=O) groups is 1. The minimum atomic E-state index is -5.83. The van der Waals surface area contributed by atoms with Gasteiger partial charge in [0.2, 0.25) is 11.6 Å². The number of fused-ring (bicyclic) bond motifs is 2. The molecule has 1 aromatic heterocycles. The lowest BCUT2D eigenvalue weighted by Crippen LogP contribution is -2.29. The van der Waals surface area contributed by atoms with Crippen LogP contribution in [0, 0.1) is 27.9 Å². The summed E-state index contributed by atoms with van der Waals surface area (Å²) in [6.07, 6.45) is 7.07. The van der Waals surface area contributed by atoms with Gasteiger partial charge in [0.1, 0.15) is 24.7 Å². The molecule has 7 rings (SSSR count). The number of nitrogen functional groups attached to an aromatic ring is 1. The van der Waals surface area contributed by atoms with Gasteiger partial charge in [0.15, 0.2) is 5.71 Å². The van der Waals surface area contributed by atoms with E-state index in [9.17, 15) is 74.2 Å². The molecule has 0 saturated carbocycles. The number of nitro benzene ring substituents is 1. The van der Waals surface area contributed by atoms with Gasteiger partial charge in [-0.05, 0) is 93.6 Å². The minimum Gasteiger partial charge on any atom is -0.390 e. The summed E-state index contributed by atoms with van der Waals surface area (Å²) in [5, 5.41) is 25.8. The highest BCUT2D eigenvalue weighted by molar-refractivity contribution is 7.86. The fraction of sp³-hybridized carbons (Fsp3) is 0.429. The number of nitrogens with two attached hydrogens (primary N) is 1. The summed E-state index contributed by atoms with van der Waals surface area (Å²) >= 11 is 0. The van der Waals surface area contributed by atoms with Gasteiger partial charge in [0, 0.05) is 83.7 Å². The van der Waals surface area contributed by atoms with E-state index in [1.165, 1.54) is 42.6 Å². The Hall–Kier alpha value is -6.43. The smallest absolute Gasteiger partial charge is 0.390 e. The second-order valence-corrected chi connectivity index (χ2v) is 30.0. The van der Waals surface area contributed by atoms with Crippen molar-refractivity contribution in [1.82, 2.24) is 14.9 Å². The number of hydrogen-bond donors (Lipinski definition) is 9. The lowest BCUT2D eigenvalue weighted by atomic mass is 9.81. The number of nitrogens with one attached hydrogen (secondary N) is 1. The van der Waals surface area contributed by atoms with Crippen molar-refractivity contribution in [2.24, 2.45) is 5.92 Å². The molecule has 4 aromatic rings. The van der Waals surface area contributed by atoms with Crippen LogP contribution in [-0.2, 0) is 78.8 Å². The number of nitrogens with zero attached hydrogens (tertiary/aromatic N) is 5. The molecule has 3 aliphatic heterocycles. The van der Waals surface area contributed by atoms with E-state index < -0.39 is 96.3 Å². The molecule has 1 saturated heterocycles. The first kappa shape index (κ1) is 72.0. The Kier molecular flexibility index (Phi) is 22.5. The van der Waals surface area contributed by atoms with Crippen molar-refractivity contribution in [2.75, 3.05) is 36.9 Å². The number of rotatable bonds is 27. The topological polar surface area (TPSA) is 447 Å². The maximum Gasteiger partial charge on any atom is 0.490 e. The lowest BCUT2D eigenvalue weighted by molar-refractivity contribution is -0.438. The molecule has 3 aromatic carbocycles. The van der Waals surface area contributed by atoms with E-state index in [-0.39, 0.29) is 75.8 Å². The Labute approximate surface area is 524 Å². The number of aliphatic hydroxyl groups excluding tert-OH is 1. The van der Waals surface area contributed by atoms with Crippen LogP contribution in [0.15, 0.2) is 111 Å². The number of benzene rings is 3. The van der Waals surface area contributed by atoms with Crippen LogP contribution in [0.5, 0.6) is 0 Å². The highest BCUT2D eigenvalue weighted by Gasteiger charge is 2.46. The van der Waals surface area contributed by atoms with Gasteiger partial charge in [-0.1, -0.05) is 57.8 Å². The van der Waals surface area contributed by atoms with Crippen molar-refractivity contribution in [3.8, 4) is 11.8 Å². The van der Waals surface area contributed by atoms with Crippen LogP contribution in [0.4, 0.5) is 22.9 Å². The molecule has 3 aliphatic rings. The standard InChI is InChI=1S/C56H70N7O23P3S2/c1-8-60-43-24-21-38(90(76,77)78)29-41(43)55(4,5)48(60)17-11-9-12-18-49-56(6,7)42-30-39(91(79,80)81)22-25-44(42)61(49)27-14-10-13-19-50(65)58-26-15-16-36-20-23-40(45(28-36)63(67)68)52(35(2)3)82-33-37-32-62(54(66)59-53(37)57)51-31-46(64)47(84-51)34-83-88(72,73)86-89(74,75)85-87(69,70)71/h9,11-12,17-18,20-25,28-30,32,35,46-47,51-52,64H,8,10,13-14,19,26-27,31,33-34H2,1-7H3,(H8-,57,58,59,65,66,69,70,71,72,73,74,75,76,77,78,79,80,81)/p+1/t46-,47+,51+,52-/m0/s1. The number of unbranched alkanes of at least 4 members (excludes halogenated alkanes) is 2. The van der Waals surface area contributed by atoms with Gasteiger partial charge >= 0.3 is 29.2 Å². The first-order valence-electron chi connectivity index (χ1n) is 28.1. The Morgan fingerprint density at radius 3 is 2.24 bits per heavy atom. The number of allylic oxidation sites excluding steroid dienone is 6. The van der Waals surface area contributed by atoms with Gasteiger partial charge < -0.3 is 50.1 Å². The van der Waals surface area contributed by atoms with E-state index in [1.54, 1.807) is 32.0 Å². The molecule has 91 heavy (non-hydrogen) atoms. The number of anilines is 2. The van der Waals surface area contributed by atoms with E-state index in [4.69, 9.17) is 25.0 Å². The van der Waals surface area contributed by atoms with Crippen LogP contribution in [0.25, 0.3) is 0 Å². The fourth-order valence-electron chi connectivity index (χ4n) is 10.9. The van der Waals surface area contributed by atoms with Crippen LogP contribution in [0.2, 0.25) is 0 Å². The fourth-order valence-corrected chi connectivity index (χ4v) is 14.9. The maximum atomic E-state index is 13.0. The third-order valence-electron chi connectivity index (χ3n) is 15.2. The lowest BCUT2D eigenvalue weighted by Gasteiger charge is -2.25. The average molecular weight is 1370 g/mol. The summed E-state index contributed by atoms with van der Waals surface area (Å²) in [5.74, 6) is 4.72. The first-order chi connectivity index (χ1) is 42.2. The van der Waals surface area contributed by atoms with E-state index in [0.29, 0.717) is 37.9 Å². The predicted molar refractivity (Wildman–Crippen MR) is 329 cm³/mol. The zero-order chi connectivity index (χ0) is 67.4. The zero-order valence-electron chi connectivity index (χ0n) is 50.3. The molecule has 2 unspecified atom stereocenters. The summed E-state index contributed by atoms with van der Waals surface area (Å²) in [7, 11) is -26.0. The highest BCUT2D eigenvalue weighted by atomic mass is 32.2. The number of phosphoric ester groups is 1. The molecule has 30 nitrogen and oxygen atoms in total. The molecule has 4 heterocycles. The Balaban J connectivity index is 0.942. The summed E-state index contributed by atoms with van der Waals surface area (Å²) in [4.78, 5) is 80.0. The number of nitro groups is 1. The maximum absolute atomic E-state index is 13.0. The van der Waals surface area contributed by atoms with Gasteiger partial charge in [0.25, 0.3) is 25.9 Å². The molecule has 0 bridgehead atoms. The summed E-state index contributed by atoms with van der Waals surface area (Å²) < 4.78 is 130. The molecule has 494 valence electrons. The number of likely N-dealkylation sites (N-methyl/N-ethyl adjacent to an activating group) is 1. The molecular formula is C56H71N7O23P3S2+. The van der Waals surface area contributed by atoms with Gasteiger partial charge in [-0.2, -0.15) is 35.0 Å². The van der Waals surface area contributed by atoms with Crippen LogP contribution in [0.1, 0.15) is 121 Å². The van der Waals surface area contributed by atoms with Crippen molar-refractivity contribution in [1.29, 1.82) is 0 Å².